The molecule has 0 aromatic carbocycles. The first-order chi connectivity index (χ1) is 4.27. The Labute approximate surface area is 61.2 Å². The van der Waals surface area contributed by atoms with Crippen LogP contribution in [0.3, 0.4) is 0 Å². The Bertz CT molecular complexity index is 50.5. The molecule has 0 radical (unpaired) electrons. The van der Waals surface area contributed by atoms with Gasteiger partial charge in [-0.2, -0.15) is 0 Å². The third kappa shape index (κ3) is 8.43. The highest BCUT2D eigenvalue weighted by Gasteiger charge is 1.91. The molecular formula is C8H19P. The van der Waals surface area contributed by atoms with Gasteiger partial charge < -0.3 is 0 Å². The van der Waals surface area contributed by atoms with Gasteiger partial charge in [0.2, 0.25) is 0 Å². The fourth-order valence-electron chi connectivity index (χ4n) is 0.766. The zero-order chi connectivity index (χ0) is 7.11. The highest BCUT2D eigenvalue weighted by Crippen LogP contribution is 2.19. The van der Waals surface area contributed by atoms with Crippen molar-refractivity contribution in [1.29, 1.82) is 0 Å². The molecule has 0 aromatic rings. The van der Waals surface area contributed by atoms with Crippen LogP contribution in [0, 0.1) is 0 Å². The van der Waals surface area contributed by atoms with E-state index in [-0.39, 0.29) is 0 Å². The van der Waals surface area contributed by atoms with E-state index in [2.05, 4.69) is 20.8 Å². The number of rotatable bonds is 5. The maximum absolute atomic E-state index is 2.31. The maximum atomic E-state index is 2.31. The quantitative estimate of drug-likeness (QED) is 0.412. The molecule has 0 fully saturated rings. The Morgan fingerprint density at radius 3 is 2.33 bits per heavy atom. The molecule has 56 valence electrons. The minimum atomic E-state index is 0.932. The normalized spacial score (nSPS) is 12.0. The van der Waals surface area contributed by atoms with Gasteiger partial charge in [0.1, 0.15) is 0 Å². The van der Waals surface area contributed by atoms with Crippen molar-refractivity contribution < 1.29 is 0 Å². The second-order valence-electron chi connectivity index (χ2n) is 2.82. The molecule has 1 atom stereocenters. The van der Waals surface area contributed by atoms with Gasteiger partial charge in [0.15, 0.2) is 0 Å². The van der Waals surface area contributed by atoms with Crippen molar-refractivity contribution in [3.63, 3.8) is 0 Å². The van der Waals surface area contributed by atoms with Gasteiger partial charge in [0.05, 0.1) is 0 Å². The Kier molecular flexibility index (Phi) is 6.86. The van der Waals surface area contributed by atoms with Gasteiger partial charge >= 0.3 is 0 Å². The van der Waals surface area contributed by atoms with E-state index in [0.717, 1.165) is 5.66 Å². The van der Waals surface area contributed by atoms with Crippen LogP contribution in [-0.2, 0) is 0 Å². The molecule has 9 heavy (non-hydrogen) atoms. The summed E-state index contributed by atoms with van der Waals surface area (Å²) in [5.74, 6) is 0. The lowest BCUT2D eigenvalue weighted by Crippen LogP contribution is -1.85. The van der Waals surface area contributed by atoms with Crippen LogP contribution < -0.4 is 0 Å². The lowest BCUT2D eigenvalue weighted by atomic mass is 10.3. The van der Waals surface area contributed by atoms with Crippen LogP contribution in [0.1, 0.15) is 40.0 Å². The monoisotopic (exact) mass is 146 g/mol. The fourth-order valence-corrected chi connectivity index (χ4v) is 1.80. The van der Waals surface area contributed by atoms with Crippen molar-refractivity contribution in [2.75, 3.05) is 6.16 Å². The first-order valence-corrected chi connectivity index (χ1v) is 5.29. The smallest absolute Gasteiger partial charge is 0.0294 e. The minimum absolute atomic E-state index is 0.932. The van der Waals surface area contributed by atoms with E-state index >= 15 is 0 Å². The highest BCUT2D eigenvalue weighted by molar-refractivity contribution is 7.38. The van der Waals surface area contributed by atoms with Crippen LogP contribution in [0.5, 0.6) is 0 Å². The zero-order valence-corrected chi connectivity index (χ0v) is 7.91. The Hall–Kier alpha value is 0.430. The van der Waals surface area contributed by atoms with E-state index in [1.54, 1.807) is 0 Å². The molecule has 0 amide bonds. The van der Waals surface area contributed by atoms with E-state index in [1.165, 1.54) is 34.0 Å². The molecule has 1 heteroatoms. The predicted octanol–water partition coefficient (Wildman–Crippen LogP) is 3.26. The van der Waals surface area contributed by atoms with Crippen LogP contribution in [0.2, 0.25) is 0 Å². The molecule has 0 rings (SSSR count). The Morgan fingerprint density at radius 2 is 1.89 bits per heavy atom. The number of unbranched alkanes of at least 4 members (excludes halogenated alkanes) is 2. The lowest BCUT2D eigenvalue weighted by molar-refractivity contribution is 0.775. The van der Waals surface area contributed by atoms with E-state index < -0.39 is 0 Å². The molecule has 0 spiro atoms. The first kappa shape index (κ1) is 9.43. The molecule has 0 saturated heterocycles. The van der Waals surface area contributed by atoms with Crippen LogP contribution in [0.15, 0.2) is 0 Å². The van der Waals surface area contributed by atoms with Crippen molar-refractivity contribution in [2.45, 2.75) is 45.7 Å². The SMILES string of the molecule is CCCCCPC(C)C. The molecular weight excluding hydrogens is 127 g/mol. The summed E-state index contributed by atoms with van der Waals surface area (Å²) in [6, 6.07) is 0. The summed E-state index contributed by atoms with van der Waals surface area (Å²) in [4.78, 5) is 0. The van der Waals surface area contributed by atoms with Crippen molar-refractivity contribution >= 4 is 8.58 Å². The molecule has 0 heterocycles. The van der Waals surface area contributed by atoms with Gasteiger partial charge in [-0.25, -0.2) is 0 Å². The summed E-state index contributed by atoms with van der Waals surface area (Å²) in [6.07, 6.45) is 5.71. The van der Waals surface area contributed by atoms with Gasteiger partial charge in [0.25, 0.3) is 0 Å². The summed E-state index contributed by atoms with van der Waals surface area (Å²) < 4.78 is 0. The van der Waals surface area contributed by atoms with Crippen molar-refractivity contribution in [1.82, 2.24) is 0 Å². The molecule has 0 bridgehead atoms. The third-order valence-corrected chi connectivity index (χ3v) is 2.79. The molecule has 0 N–H and O–H groups in total. The van der Waals surface area contributed by atoms with Crippen LogP contribution in [0.25, 0.3) is 0 Å². The molecule has 0 aromatic heterocycles. The van der Waals surface area contributed by atoms with Crippen LogP contribution in [-0.4, -0.2) is 11.8 Å². The van der Waals surface area contributed by atoms with E-state index in [1.807, 2.05) is 0 Å². The molecule has 1 unspecified atom stereocenters. The van der Waals surface area contributed by atoms with Gasteiger partial charge in [-0.1, -0.05) is 33.6 Å². The standard InChI is InChI=1S/C8H19P/c1-4-5-6-7-9-8(2)3/h8-9H,4-7H2,1-3H3. The summed E-state index contributed by atoms with van der Waals surface area (Å²) in [5.41, 5.74) is 0.932. The van der Waals surface area contributed by atoms with E-state index in [4.69, 9.17) is 0 Å². The second-order valence-corrected chi connectivity index (χ2v) is 4.88. The average molecular weight is 146 g/mol. The molecule has 0 aliphatic rings. The average Bonchev–Trinajstić information content (AvgIpc) is 1.80. The highest BCUT2D eigenvalue weighted by atomic mass is 31.1. The molecule has 0 saturated carbocycles. The second kappa shape index (κ2) is 6.55. The van der Waals surface area contributed by atoms with E-state index in [0.29, 0.717) is 0 Å². The first-order valence-electron chi connectivity index (χ1n) is 4.00. The summed E-state index contributed by atoms with van der Waals surface area (Å²) >= 11 is 0. The topological polar surface area (TPSA) is 0 Å². The van der Waals surface area contributed by atoms with Crippen molar-refractivity contribution in [3.8, 4) is 0 Å². The molecule has 0 aliphatic heterocycles. The predicted molar refractivity (Wildman–Crippen MR) is 47.8 cm³/mol. The fraction of sp³-hybridized carbons (Fsp3) is 1.00. The number of hydrogen-bond donors (Lipinski definition) is 0. The van der Waals surface area contributed by atoms with Crippen molar-refractivity contribution in [3.05, 3.63) is 0 Å². The minimum Gasteiger partial charge on any atom is -0.119 e. The van der Waals surface area contributed by atoms with Crippen molar-refractivity contribution in [2.24, 2.45) is 0 Å². The third-order valence-electron chi connectivity index (χ3n) is 1.33. The van der Waals surface area contributed by atoms with Gasteiger partial charge in [-0.15, -0.1) is 8.58 Å². The number of hydrogen-bond acceptors (Lipinski definition) is 0. The summed E-state index contributed by atoms with van der Waals surface area (Å²) in [7, 11) is 1.20. The Balaban J connectivity index is 2.75. The summed E-state index contributed by atoms with van der Waals surface area (Å²) in [6.45, 7) is 6.88. The largest absolute Gasteiger partial charge is 0.119 e. The maximum Gasteiger partial charge on any atom is -0.0294 e. The van der Waals surface area contributed by atoms with Gasteiger partial charge in [-0.05, 0) is 18.2 Å². The Morgan fingerprint density at radius 1 is 1.22 bits per heavy atom. The molecule has 0 nitrogen and oxygen atoms in total. The lowest BCUT2D eigenvalue weighted by Gasteiger charge is -2.02. The summed E-state index contributed by atoms with van der Waals surface area (Å²) in [5, 5.41) is 0. The van der Waals surface area contributed by atoms with E-state index in [9.17, 15) is 0 Å². The zero-order valence-electron chi connectivity index (χ0n) is 6.91. The van der Waals surface area contributed by atoms with Crippen LogP contribution >= 0.6 is 8.58 Å². The van der Waals surface area contributed by atoms with Gasteiger partial charge in [0, 0.05) is 0 Å². The molecule has 0 aliphatic carbocycles. The van der Waals surface area contributed by atoms with Gasteiger partial charge in [-0.3, -0.25) is 0 Å². The van der Waals surface area contributed by atoms with Crippen LogP contribution in [0.4, 0.5) is 0 Å².